The van der Waals surface area contributed by atoms with E-state index in [1.165, 1.54) is 6.08 Å². The molecule has 0 saturated heterocycles. The van der Waals surface area contributed by atoms with Gasteiger partial charge in [0.25, 0.3) is 0 Å². The molecular weight excluding hydrogens is 296 g/mol. The number of ketones is 1. The maximum absolute atomic E-state index is 12.3. The lowest BCUT2D eigenvalue weighted by Gasteiger charge is -2.15. The Morgan fingerprint density at radius 3 is 2.59 bits per heavy atom. The van der Waals surface area contributed by atoms with Gasteiger partial charge in [0.1, 0.15) is 11.2 Å². The first-order chi connectivity index (χ1) is 10.2. The Labute approximate surface area is 135 Å². The summed E-state index contributed by atoms with van der Waals surface area (Å²) in [5.74, 6) is -0.213. The molecule has 0 fully saturated rings. The van der Waals surface area contributed by atoms with Crippen LogP contribution in [0.15, 0.2) is 29.8 Å². The minimum absolute atomic E-state index is 0.0858. The summed E-state index contributed by atoms with van der Waals surface area (Å²) in [4.78, 5) is 16.6. The highest BCUT2D eigenvalue weighted by molar-refractivity contribution is 6.31. The molecule has 0 spiro atoms. The van der Waals surface area contributed by atoms with Gasteiger partial charge in [-0.05, 0) is 30.7 Å². The molecule has 0 unspecified atom stereocenters. The van der Waals surface area contributed by atoms with E-state index in [0.29, 0.717) is 5.56 Å². The highest BCUT2D eigenvalue weighted by Crippen LogP contribution is 2.26. The number of aryl methyl sites for hydroxylation is 1. The first-order valence-corrected chi connectivity index (χ1v) is 7.33. The third kappa shape index (κ3) is 3.35. The van der Waals surface area contributed by atoms with Gasteiger partial charge in [0, 0.05) is 16.4 Å². The molecule has 2 rings (SSSR count). The topological polar surface area (TPSA) is 53.8 Å². The molecule has 0 amide bonds. The summed E-state index contributed by atoms with van der Waals surface area (Å²) in [6, 6.07) is 9.69. The zero-order chi connectivity index (χ0) is 16.5. The van der Waals surface area contributed by atoms with Gasteiger partial charge in [-0.2, -0.15) is 5.26 Å². The number of carbonyl (C=O) groups excluding carboxylic acids is 1. The van der Waals surface area contributed by atoms with Crippen LogP contribution in [0.5, 0.6) is 0 Å². The van der Waals surface area contributed by atoms with Crippen molar-refractivity contribution < 1.29 is 4.79 Å². The predicted molar refractivity (Wildman–Crippen MR) is 89.5 cm³/mol. The molecule has 22 heavy (non-hydrogen) atoms. The largest absolute Gasteiger partial charge is 0.293 e. The first kappa shape index (κ1) is 16.2. The van der Waals surface area contributed by atoms with Gasteiger partial charge in [-0.15, -0.1) is 0 Å². The van der Waals surface area contributed by atoms with Gasteiger partial charge >= 0.3 is 0 Å². The third-order valence-corrected chi connectivity index (χ3v) is 3.60. The van der Waals surface area contributed by atoms with Crippen molar-refractivity contribution in [1.82, 2.24) is 4.98 Å². The van der Waals surface area contributed by atoms with Crippen LogP contribution in [0.4, 0.5) is 0 Å². The van der Waals surface area contributed by atoms with Crippen LogP contribution < -0.4 is 0 Å². The molecule has 3 nitrogen and oxygen atoms in total. The molecule has 0 saturated carbocycles. The van der Waals surface area contributed by atoms with E-state index < -0.39 is 5.41 Å². The Morgan fingerprint density at radius 2 is 2.00 bits per heavy atom. The van der Waals surface area contributed by atoms with Crippen molar-refractivity contribution in [2.45, 2.75) is 27.7 Å². The summed E-state index contributed by atoms with van der Waals surface area (Å²) in [5.41, 5.74) is 1.94. The van der Waals surface area contributed by atoms with E-state index in [-0.39, 0.29) is 16.5 Å². The van der Waals surface area contributed by atoms with Crippen molar-refractivity contribution in [2.24, 2.45) is 5.41 Å². The number of carbonyl (C=O) groups is 1. The van der Waals surface area contributed by atoms with Gasteiger partial charge in [-0.3, -0.25) is 4.79 Å². The quantitative estimate of drug-likeness (QED) is 0.458. The summed E-state index contributed by atoms with van der Waals surface area (Å²) >= 11 is 6.20. The van der Waals surface area contributed by atoms with Crippen molar-refractivity contribution in [1.29, 1.82) is 5.26 Å². The fraction of sp³-hybridized carbons (Fsp3) is 0.278. The maximum atomic E-state index is 12.3. The Hall–Kier alpha value is -2.18. The van der Waals surface area contributed by atoms with Gasteiger partial charge in [-0.25, -0.2) is 4.98 Å². The first-order valence-electron chi connectivity index (χ1n) is 6.96. The van der Waals surface area contributed by atoms with Crippen molar-refractivity contribution in [3.05, 3.63) is 46.1 Å². The third-order valence-electron chi connectivity index (χ3n) is 3.30. The van der Waals surface area contributed by atoms with Crippen molar-refractivity contribution in [2.75, 3.05) is 0 Å². The second-order valence-electron chi connectivity index (χ2n) is 6.31. The summed E-state index contributed by atoms with van der Waals surface area (Å²) in [7, 11) is 0. The van der Waals surface area contributed by atoms with Gasteiger partial charge in [0.2, 0.25) is 0 Å². The minimum atomic E-state index is -0.616. The number of fused-ring (bicyclic) bond motifs is 1. The lowest BCUT2D eigenvalue weighted by Crippen LogP contribution is -2.21. The molecule has 0 N–H and O–H groups in total. The molecule has 1 aromatic carbocycles. The summed E-state index contributed by atoms with van der Waals surface area (Å²) < 4.78 is 0. The number of benzene rings is 1. The normalized spacial score (nSPS) is 12.3. The number of pyridine rings is 1. The van der Waals surface area contributed by atoms with Crippen LogP contribution in [0.3, 0.4) is 0 Å². The Morgan fingerprint density at radius 1 is 1.32 bits per heavy atom. The SMILES string of the molecule is Cc1ccc2cc(/C=C(\C#N)C(=O)C(C)(C)C)c(Cl)nc2c1. The number of nitrogens with zero attached hydrogens (tertiary/aromatic N) is 2. The van der Waals surface area contributed by atoms with Gasteiger partial charge in [0.15, 0.2) is 5.78 Å². The number of halogens is 1. The number of allylic oxidation sites excluding steroid dienone is 1. The minimum Gasteiger partial charge on any atom is -0.293 e. The fourth-order valence-electron chi connectivity index (χ4n) is 2.08. The summed E-state index contributed by atoms with van der Waals surface area (Å²) in [6.45, 7) is 7.33. The number of hydrogen-bond donors (Lipinski definition) is 0. The van der Waals surface area contributed by atoms with E-state index >= 15 is 0 Å². The smallest absolute Gasteiger partial charge is 0.178 e. The van der Waals surface area contributed by atoms with Crippen LogP contribution in [-0.4, -0.2) is 10.8 Å². The molecule has 1 heterocycles. The average molecular weight is 313 g/mol. The Kier molecular flexibility index (Phi) is 4.35. The van der Waals surface area contributed by atoms with E-state index in [1.807, 2.05) is 37.3 Å². The summed E-state index contributed by atoms with van der Waals surface area (Å²) in [5, 5.41) is 10.5. The second kappa shape index (κ2) is 5.90. The number of hydrogen-bond acceptors (Lipinski definition) is 3. The summed E-state index contributed by atoms with van der Waals surface area (Å²) in [6.07, 6.45) is 1.52. The number of Topliss-reactive ketones (excluding diaryl/α,β-unsaturated/α-hetero) is 1. The lowest BCUT2D eigenvalue weighted by molar-refractivity contribution is -0.121. The molecule has 0 aliphatic rings. The van der Waals surface area contributed by atoms with Crippen LogP contribution in [0.1, 0.15) is 31.9 Å². The van der Waals surface area contributed by atoms with E-state index in [2.05, 4.69) is 4.98 Å². The molecule has 0 aliphatic heterocycles. The van der Waals surface area contributed by atoms with Crippen LogP contribution in [0, 0.1) is 23.7 Å². The standard InChI is InChI=1S/C18H17ClN2O/c1-11-5-6-12-8-13(17(19)21-15(12)7-11)9-14(10-20)16(22)18(2,3)4/h5-9H,1-4H3/b14-9+. The second-order valence-corrected chi connectivity index (χ2v) is 6.67. The number of aromatic nitrogens is 1. The average Bonchev–Trinajstić information content (AvgIpc) is 2.43. The molecule has 0 radical (unpaired) electrons. The van der Waals surface area contributed by atoms with Crippen molar-refractivity contribution >= 4 is 34.4 Å². The van der Waals surface area contributed by atoms with E-state index in [9.17, 15) is 10.1 Å². The zero-order valence-corrected chi connectivity index (χ0v) is 13.8. The highest BCUT2D eigenvalue weighted by Gasteiger charge is 2.25. The molecule has 1 aromatic heterocycles. The van der Waals surface area contributed by atoms with Crippen LogP contribution in [0.25, 0.3) is 17.0 Å². The Balaban J connectivity index is 2.57. The maximum Gasteiger partial charge on any atom is 0.178 e. The van der Waals surface area contributed by atoms with Crippen molar-refractivity contribution in [3.8, 4) is 6.07 Å². The fourth-order valence-corrected chi connectivity index (χ4v) is 2.28. The van der Waals surface area contributed by atoms with Crippen molar-refractivity contribution in [3.63, 3.8) is 0 Å². The highest BCUT2D eigenvalue weighted by atomic mass is 35.5. The lowest BCUT2D eigenvalue weighted by atomic mass is 9.86. The van der Waals surface area contributed by atoms with Gasteiger partial charge in [0.05, 0.1) is 11.1 Å². The molecule has 112 valence electrons. The van der Waals surface area contributed by atoms with E-state index in [4.69, 9.17) is 11.6 Å². The zero-order valence-electron chi connectivity index (χ0n) is 13.1. The molecule has 0 bridgehead atoms. The molecule has 4 heteroatoms. The molecule has 0 atom stereocenters. The predicted octanol–water partition coefficient (Wildman–Crippen LogP) is 4.72. The molecule has 0 aliphatic carbocycles. The molecule has 2 aromatic rings. The van der Waals surface area contributed by atoms with Crippen LogP contribution in [-0.2, 0) is 4.79 Å². The number of rotatable bonds is 2. The molecular formula is C18H17ClN2O. The Bertz CT molecular complexity index is 823. The number of nitriles is 1. The van der Waals surface area contributed by atoms with E-state index in [0.717, 1.165) is 16.5 Å². The van der Waals surface area contributed by atoms with Gasteiger partial charge in [-0.1, -0.05) is 44.5 Å². The van der Waals surface area contributed by atoms with E-state index in [1.54, 1.807) is 20.8 Å². The van der Waals surface area contributed by atoms with Crippen LogP contribution >= 0.6 is 11.6 Å². The van der Waals surface area contributed by atoms with Crippen LogP contribution in [0.2, 0.25) is 5.15 Å². The monoisotopic (exact) mass is 312 g/mol. The van der Waals surface area contributed by atoms with Gasteiger partial charge < -0.3 is 0 Å².